The lowest BCUT2D eigenvalue weighted by Crippen LogP contribution is -2.45. The number of likely N-dealkylation sites (tertiary alicyclic amines) is 1. The first kappa shape index (κ1) is 6.55. The normalized spacial score (nSPS) is 27.4. The maximum absolute atomic E-state index is 10.1. The van der Waals surface area contributed by atoms with Crippen molar-refractivity contribution in [3.05, 3.63) is 0 Å². The van der Waals surface area contributed by atoms with Gasteiger partial charge in [-0.25, -0.2) is 0 Å². The van der Waals surface area contributed by atoms with Crippen molar-refractivity contribution in [1.29, 1.82) is 0 Å². The van der Waals surface area contributed by atoms with E-state index in [0.717, 1.165) is 13.0 Å². The van der Waals surface area contributed by atoms with Crippen molar-refractivity contribution in [2.45, 2.75) is 18.9 Å². The molecule has 1 heterocycles. The van der Waals surface area contributed by atoms with Gasteiger partial charge in [-0.15, -0.1) is 0 Å². The van der Waals surface area contributed by atoms with Crippen LogP contribution in [0.5, 0.6) is 0 Å². The van der Waals surface area contributed by atoms with Crippen LogP contribution in [0, 0.1) is 0 Å². The SMILES string of the molecule is CN1CCC1CC(=O)O. The second-order valence-electron chi connectivity index (χ2n) is 2.52. The summed E-state index contributed by atoms with van der Waals surface area (Å²) in [4.78, 5) is 12.2. The summed E-state index contributed by atoms with van der Waals surface area (Å²) < 4.78 is 0. The first-order valence-corrected chi connectivity index (χ1v) is 3.12. The Kier molecular flexibility index (Phi) is 1.71. The van der Waals surface area contributed by atoms with Gasteiger partial charge in [0.1, 0.15) is 0 Å². The summed E-state index contributed by atoms with van der Waals surface area (Å²) in [5, 5.41) is 8.34. The van der Waals surface area contributed by atoms with Crippen molar-refractivity contribution in [3.8, 4) is 0 Å². The molecule has 3 heteroatoms. The van der Waals surface area contributed by atoms with E-state index in [0.29, 0.717) is 12.5 Å². The van der Waals surface area contributed by atoms with Crippen LogP contribution in [-0.4, -0.2) is 35.6 Å². The van der Waals surface area contributed by atoms with Crippen molar-refractivity contribution in [1.82, 2.24) is 4.90 Å². The molecular formula is C6H11NO2. The van der Waals surface area contributed by atoms with Gasteiger partial charge < -0.3 is 10.0 Å². The third-order valence-corrected chi connectivity index (χ3v) is 1.85. The molecule has 9 heavy (non-hydrogen) atoms. The van der Waals surface area contributed by atoms with Gasteiger partial charge in [-0.2, -0.15) is 0 Å². The van der Waals surface area contributed by atoms with Gasteiger partial charge in [0, 0.05) is 6.04 Å². The molecule has 1 unspecified atom stereocenters. The average molecular weight is 129 g/mol. The van der Waals surface area contributed by atoms with Crippen LogP contribution >= 0.6 is 0 Å². The van der Waals surface area contributed by atoms with E-state index >= 15 is 0 Å². The zero-order valence-corrected chi connectivity index (χ0v) is 5.50. The van der Waals surface area contributed by atoms with Gasteiger partial charge in [0.05, 0.1) is 6.42 Å². The van der Waals surface area contributed by atoms with Gasteiger partial charge in [-0.05, 0) is 20.0 Å². The molecular weight excluding hydrogens is 118 g/mol. The first-order chi connectivity index (χ1) is 4.20. The molecule has 0 aromatic carbocycles. The van der Waals surface area contributed by atoms with Gasteiger partial charge in [-0.1, -0.05) is 0 Å². The van der Waals surface area contributed by atoms with Crippen LogP contribution in [0.25, 0.3) is 0 Å². The molecule has 1 saturated heterocycles. The summed E-state index contributed by atoms with van der Waals surface area (Å²) in [6.45, 7) is 1.05. The Morgan fingerprint density at radius 2 is 2.56 bits per heavy atom. The topological polar surface area (TPSA) is 40.5 Å². The van der Waals surface area contributed by atoms with Gasteiger partial charge in [-0.3, -0.25) is 4.79 Å². The van der Waals surface area contributed by atoms with E-state index in [9.17, 15) is 4.79 Å². The fraction of sp³-hybridized carbons (Fsp3) is 0.833. The minimum Gasteiger partial charge on any atom is -0.481 e. The fourth-order valence-corrected chi connectivity index (χ4v) is 1.03. The number of carboxylic acid groups (broad SMARTS) is 1. The first-order valence-electron chi connectivity index (χ1n) is 3.12. The highest BCUT2D eigenvalue weighted by Gasteiger charge is 2.25. The predicted molar refractivity (Wildman–Crippen MR) is 33.3 cm³/mol. The summed E-state index contributed by atoms with van der Waals surface area (Å²) in [6, 6.07) is 0.308. The molecule has 1 aliphatic heterocycles. The van der Waals surface area contributed by atoms with E-state index in [1.807, 2.05) is 7.05 Å². The molecule has 0 aliphatic carbocycles. The van der Waals surface area contributed by atoms with Crippen molar-refractivity contribution >= 4 is 5.97 Å². The predicted octanol–water partition coefficient (Wildman–Crippen LogP) is 0.165. The smallest absolute Gasteiger partial charge is 0.304 e. The average Bonchev–Trinajstić information content (AvgIpc) is 1.79. The van der Waals surface area contributed by atoms with E-state index in [2.05, 4.69) is 4.90 Å². The van der Waals surface area contributed by atoms with Crippen LogP contribution in [0.15, 0.2) is 0 Å². The Morgan fingerprint density at radius 1 is 1.89 bits per heavy atom. The molecule has 0 aromatic rings. The number of hydrogen-bond donors (Lipinski definition) is 1. The third-order valence-electron chi connectivity index (χ3n) is 1.85. The molecule has 1 aliphatic rings. The fourth-order valence-electron chi connectivity index (χ4n) is 1.03. The van der Waals surface area contributed by atoms with Gasteiger partial charge >= 0.3 is 5.97 Å². The molecule has 0 bridgehead atoms. The van der Waals surface area contributed by atoms with Crippen molar-refractivity contribution in [2.24, 2.45) is 0 Å². The summed E-state index contributed by atoms with van der Waals surface area (Å²) in [5.41, 5.74) is 0. The zero-order chi connectivity index (χ0) is 6.85. The third kappa shape index (κ3) is 1.42. The molecule has 1 atom stereocenters. The molecule has 0 spiro atoms. The minimum absolute atomic E-state index is 0.302. The van der Waals surface area contributed by atoms with E-state index in [1.165, 1.54) is 0 Å². The number of carboxylic acids is 1. The molecule has 1 N–H and O–H groups in total. The van der Waals surface area contributed by atoms with E-state index in [4.69, 9.17) is 5.11 Å². The summed E-state index contributed by atoms with van der Waals surface area (Å²) in [5.74, 6) is -0.688. The quantitative estimate of drug-likeness (QED) is 0.577. The van der Waals surface area contributed by atoms with Gasteiger partial charge in [0.15, 0.2) is 0 Å². The highest BCUT2D eigenvalue weighted by molar-refractivity contribution is 5.67. The van der Waals surface area contributed by atoms with Crippen molar-refractivity contribution in [3.63, 3.8) is 0 Å². The van der Waals surface area contributed by atoms with Crippen LogP contribution in [-0.2, 0) is 4.79 Å². The minimum atomic E-state index is -0.688. The lowest BCUT2D eigenvalue weighted by Gasteiger charge is -2.36. The molecule has 3 nitrogen and oxygen atoms in total. The maximum atomic E-state index is 10.1. The number of nitrogens with zero attached hydrogens (tertiary/aromatic N) is 1. The largest absolute Gasteiger partial charge is 0.481 e. The van der Waals surface area contributed by atoms with Crippen LogP contribution in [0.4, 0.5) is 0 Å². The monoisotopic (exact) mass is 129 g/mol. The Hall–Kier alpha value is -0.570. The van der Waals surface area contributed by atoms with E-state index < -0.39 is 5.97 Å². The molecule has 52 valence electrons. The summed E-state index contributed by atoms with van der Waals surface area (Å²) >= 11 is 0. The molecule has 0 saturated carbocycles. The molecule has 0 amide bonds. The number of carbonyl (C=O) groups is 1. The summed E-state index contributed by atoms with van der Waals surface area (Å²) in [6.07, 6.45) is 1.35. The van der Waals surface area contributed by atoms with E-state index in [1.54, 1.807) is 0 Å². The highest BCUT2D eigenvalue weighted by Crippen LogP contribution is 2.16. The Balaban J connectivity index is 2.21. The number of hydrogen-bond acceptors (Lipinski definition) is 2. The number of rotatable bonds is 2. The lowest BCUT2D eigenvalue weighted by molar-refractivity contribution is -0.139. The molecule has 0 aromatic heterocycles. The number of aliphatic carboxylic acids is 1. The van der Waals surface area contributed by atoms with Gasteiger partial charge in [0.25, 0.3) is 0 Å². The Morgan fingerprint density at radius 3 is 2.67 bits per heavy atom. The van der Waals surface area contributed by atoms with Gasteiger partial charge in [0.2, 0.25) is 0 Å². The van der Waals surface area contributed by atoms with E-state index in [-0.39, 0.29) is 0 Å². The molecule has 0 radical (unpaired) electrons. The maximum Gasteiger partial charge on any atom is 0.304 e. The van der Waals surface area contributed by atoms with Crippen molar-refractivity contribution in [2.75, 3.05) is 13.6 Å². The standard InChI is InChI=1S/C6H11NO2/c1-7-3-2-5(7)4-6(8)9/h5H,2-4H2,1H3,(H,8,9). The Labute approximate surface area is 54.3 Å². The zero-order valence-electron chi connectivity index (χ0n) is 5.50. The van der Waals surface area contributed by atoms with Crippen LogP contribution in [0.2, 0.25) is 0 Å². The van der Waals surface area contributed by atoms with Crippen LogP contribution < -0.4 is 0 Å². The second kappa shape index (κ2) is 2.35. The summed E-state index contributed by atoms with van der Waals surface area (Å²) in [7, 11) is 1.96. The molecule has 1 rings (SSSR count). The van der Waals surface area contributed by atoms with Crippen molar-refractivity contribution < 1.29 is 9.90 Å². The highest BCUT2D eigenvalue weighted by atomic mass is 16.4. The lowest BCUT2D eigenvalue weighted by atomic mass is 10.0. The molecule has 1 fully saturated rings. The van der Waals surface area contributed by atoms with Crippen LogP contribution in [0.1, 0.15) is 12.8 Å². The Bertz CT molecular complexity index is 124. The second-order valence-corrected chi connectivity index (χ2v) is 2.52. The van der Waals surface area contributed by atoms with Crippen LogP contribution in [0.3, 0.4) is 0 Å².